The summed E-state index contributed by atoms with van der Waals surface area (Å²) in [6.07, 6.45) is 4.48. The van der Waals surface area contributed by atoms with Crippen LogP contribution in [-0.2, 0) is 11.2 Å². The van der Waals surface area contributed by atoms with Crippen molar-refractivity contribution in [1.82, 2.24) is 15.0 Å². The van der Waals surface area contributed by atoms with E-state index in [1.165, 1.54) is 0 Å². The van der Waals surface area contributed by atoms with Gasteiger partial charge in [0.15, 0.2) is 0 Å². The van der Waals surface area contributed by atoms with Crippen LogP contribution in [0.4, 0.5) is 17.5 Å². The molecule has 2 aliphatic heterocycles. The van der Waals surface area contributed by atoms with Gasteiger partial charge in [0.25, 0.3) is 0 Å². The van der Waals surface area contributed by atoms with E-state index in [-0.39, 0.29) is 5.75 Å². The molecule has 7 heteroatoms. The summed E-state index contributed by atoms with van der Waals surface area (Å²) >= 11 is 0. The molecule has 0 bridgehead atoms. The van der Waals surface area contributed by atoms with Gasteiger partial charge in [0.2, 0.25) is 5.95 Å². The number of aromatic nitrogens is 3. The number of benzene rings is 1. The molecule has 1 N–H and O–H groups in total. The lowest BCUT2D eigenvalue weighted by atomic mass is 10.1. The average Bonchev–Trinajstić information content (AvgIpc) is 3.18. The minimum Gasteiger partial charge on any atom is -0.508 e. The second-order valence-corrected chi connectivity index (χ2v) is 6.94. The predicted octanol–water partition coefficient (Wildman–Crippen LogP) is 2.78. The maximum atomic E-state index is 9.98. The minimum absolute atomic E-state index is 0.236. The zero-order chi connectivity index (χ0) is 18.9. The van der Waals surface area contributed by atoms with Crippen LogP contribution in [0.2, 0.25) is 0 Å². The first-order valence-corrected chi connectivity index (χ1v) is 9.50. The SMILES string of the molecule is Oc1cccc(-c2nc(N3CCOCC3)nc3c2CCN3c2cccnc2)c1. The Morgan fingerprint density at radius 1 is 1.00 bits per heavy atom. The molecule has 5 rings (SSSR count). The quantitative estimate of drug-likeness (QED) is 0.754. The van der Waals surface area contributed by atoms with Crippen LogP contribution in [0.5, 0.6) is 5.75 Å². The van der Waals surface area contributed by atoms with E-state index < -0.39 is 0 Å². The number of morpholine rings is 1. The Kier molecular flexibility index (Phi) is 4.29. The molecule has 0 saturated carbocycles. The number of hydrogen-bond acceptors (Lipinski definition) is 7. The number of anilines is 3. The fourth-order valence-corrected chi connectivity index (χ4v) is 3.81. The zero-order valence-corrected chi connectivity index (χ0v) is 15.5. The van der Waals surface area contributed by atoms with Crippen molar-refractivity contribution >= 4 is 17.5 Å². The van der Waals surface area contributed by atoms with Crippen molar-refractivity contribution in [3.63, 3.8) is 0 Å². The Bertz CT molecular complexity index is 989. The van der Waals surface area contributed by atoms with Crippen molar-refractivity contribution in [3.05, 3.63) is 54.4 Å². The number of aromatic hydroxyl groups is 1. The third-order valence-electron chi connectivity index (χ3n) is 5.19. The van der Waals surface area contributed by atoms with Crippen molar-refractivity contribution in [2.75, 3.05) is 42.6 Å². The summed E-state index contributed by atoms with van der Waals surface area (Å²) in [6, 6.07) is 11.3. The molecule has 4 heterocycles. The van der Waals surface area contributed by atoms with Gasteiger partial charge in [-0.05, 0) is 30.7 Å². The predicted molar refractivity (Wildman–Crippen MR) is 107 cm³/mol. The van der Waals surface area contributed by atoms with Gasteiger partial charge in [0, 0.05) is 37.0 Å². The van der Waals surface area contributed by atoms with Gasteiger partial charge in [-0.1, -0.05) is 12.1 Å². The standard InChI is InChI=1S/C21H21N5O2/c27-17-5-1-3-15(13-17)19-18-6-8-26(16-4-2-7-22-14-16)20(18)24-21(23-19)25-9-11-28-12-10-25/h1-5,7,13-14,27H,6,8-12H2. The fraction of sp³-hybridized carbons (Fsp3) is 0.286. The maximum absolute atomic E-state index is 9.98. The first-order chi connectivity index (χ1) is 13.8. The second-order valence-electron chi connectivity index (χ2n) is 6.94. The molecule has 3 aromatic rings. The van der Waals surface area contributed by atoms with Crippen LogP contribution in [0.3, 0.4) is 0 Å². The summed E-state index contributed by atoms with van der Waals surface area (Å²) in [5.74, 6) is 1.86. The molecular formula is C21H21N5O2. The molecular weight excluding hydrogens is 354 g/mol. The summed E-state index contributed by atoms with van der Waals surface area (Å²) in [6.45, 7) is 3.72. The molecule has 2 aromatic heterocycles. The summed E-state index contributed by atoms with van der Waals surface area (Å²) in [4.78, 5) is 18.5. The van der Waals surface area contributed by atoms with Crippen molar-refractivity contribution in [2.45, 2.75) is 6.42 Å². The van der Waals surface area contributed by atoms with E-state index in [0.717, 1.165) is 54.4 Å². The van der Waals surface area contributed by atoms with Crippen molar-refractivity contribution in [1.29, 1.82) is 0 Å². The monoisotopic (exact) mass is 375 g/mol. The fourth-order valence-electron chi connectivity index (χ4n) is 3.81. The smallest absolute Gasteiger partial charge is 0.228 e. The average molecular weight is 375 g/mol. The van der Waals surface area contributed by atoms with Gasteiger partial charge in [-0.3, -0.25) is 4.98 Å². The Morgan fingerprint density at radius 3 is 2.68 bits per heavy atom. The van der Waals surface area contributed by atoms with Crippen molar-refractivity contribution < 1.29 is 9.84 Å². The van der Waals surface area contributed by atoms with Crippen LogP contribution >= 0.6 is 0 Å². The van der Waals surface area contributed by atoms with Crippen LogP contribution in [0, 0.1) is 0 Å². The number of pyridine rings is 1. The molecule has 1 saturated heterocycles. The minimum atomic E-state index is 0.236. The maximum Gasteiger partial charge on any atom is 0.228 e. The first kappa shape index (κ1) is 16.9. The largest absolute Gasteiger partial charge is 0.508 e. The van der Waals surface area contributed by atoms with E-state index in [0.29, 0.717) is 19.2 Å². The van der Waals surface area contributed by atoms with E-state index >= 15 is 0 Å². The molecule has 0 atom stereocenters. The van der Waals surface area contributed by atoms with E-state index in [2.05, 4.69) is 14.8 Å². The third-order valence-corrected chi connectivity index (χ3v) is 5.19. The highest BCUT2D eigenvalue weighted by Gasteiger charge is 2.29. The van der Waals surface area contributed by atoms with Gasteiger partial charge in [-0.2, -0.15) is 4.98 Å². The lowest BCUT2D eigenvalue weighted by Gasteiger charge is -2.28. The number of nitrogens with zero attached hydrogens (tertiary/aromatic N) is 5. The zero-order valence-electron chi connectivity index (χ0n) is 15.5. The Hall–Kier alpha value is -3.19. The lowest BCUT2D eigenvalue weighted by Crippen LogP contribution is -2.37. The number of phenolic OH excluding ortho intramolecular Hbond substituents is 1. The van der Waals surface area contributed by atoms with Crippen LogP contribution in [0.25, 0.3) is 11.3 Å². The number of phenols is 1. The van der Waals surface area contributed by atoms with E-state index in [1.807, 2.05) is 30.5 Å². The van der Waals surface area contributed by atoms with E-state index in [9.17, 15) is 5.11 Å². The summed E-state index contributed by atoms with van der Waals surface area (Å²) in [5, 5.41) is 9.98. The van der Waals surface area contributed by atoms with Crippen LogP contribution in [0.1, 0.15) is 5.56 Å². The molecule has 0 amide bonds. The topological polar surface area (TPSA) is 74.6 Å². The molecule has 7 nitrogen and oxygen atoms in total. The third kappa shape index (κ3) is 3.03. The Labute approximate surface area is 163 Å². The number of fused-ring (bicyclic) bond motifs is 1. The summed E-state index contributed by atoms with van der Waals surface area (Å²) < 4.78 is 5.49. The highest BCUT2D eigenvalue weighted by Crippen LogP contribution is 2.39. The summed E-state index contributed by atoms with van der Waals surface area (Å²) in [5.41, 5.74) is 3.91. The molecule has 0 radical (unpaired) electrons. The van der Waals surface area contributed by atoms with Gasteiger partial charge in [-0.15, -0.1) is 0 Å². The number of hydrogen-bond donors (Lipinski definition) is 1. The number of rotatable bonds is 3. The van der Waals surface area contributed by atoms with Gasteiger partial charge in [0.1, 0.15) is 11.6 Å². The van der Waals surface area contributed by atoms with Crippen LogP contribution in [-0.4, -0.2) is 52.9 Å². The van der Waals surface area contributed by atoms with Crippen LogP contribution < -0.4 is 9.80 Å². The van der Waals surface area contributed by atoms with Gasteiger partial charge in [-0.25, -0.2) is 4.98 Å². The summed E-state index contributed by atoms with van der Waals surface area (Å²) in [7, 11) is 0. The van der Waals surface area contributed by atoms with Gasteiger partial charge < -0.3 is 19.6 Å². The highest BCUT2D eigenvalue weighted by atomic mass is 16.5. The highest BCUT2D eigenvalue weighted by molar-refractivity contribution is 5.77. The van der Waals surface area contributed by atoms with Crippen LogP contribution in [0.15, 0.2) is 48.8 Å². The Morgan fingerprint density at radius 2 is 1.89 bits per heavy atom. The molecule has 0 spiro atoms. The molecule has 0 unspecified atom stereocenters. The van der Waals surface area contributed by atoms with Gasteiger partial charge >= 0.3 is 0 Å². The first-order valence-electron chi connectivity index (χ1n) is 9.50. The molecule has 1 aromatic carbocycles. The van der Waals surface area contributed by atoms with Crippen molar-refractivity contribution in [3.8, 4) is 17.0 Å². The Balaban J connectivity index is 1.66. The molecule has 0 aliphatic carbocycles. The molecule has 2 aliphatic rings. The number of ether oxygens (including phenoxy) is 1. The van der Waals surface area contributed by atoms with E-state index in [4.69, 9.17) is 14.7 Å². The second kappa shape index (κ2) is 7.09. The van der Waals surface area contributed by atoms with Gasteiger partial charge in [0.05, 0.1) is 30.8 Å². The normalized spacial score (nSPS) is 16.3. The van der Waals surface area contributed by atoms with E-state index in [1.54, 1.807) is 18.3 Å². The molecule has 142 valence electrons. The van der Waals surface area contributed by atoms with Crippen molar-refractivity contribution in [2.24, 2.45) is 0 Å². The lowest BCUT2D eigenvalue weighted by molar-refractivity contribution is 0.122. The molecule has 28 heavy (non-hydrogen) atoms. The molecule has 1 fully saturated rings.